The van der Waals surface area contributed by atoms with Gasteiger partial charge in [-0.3, -0.25) is 14.7 Å². The van der Waals surface area contributed by atoms with Gasteiger partial charge in [-0.05, 0) is 43.8 Å². The molecule has 6 rings (SSSR count). The number of likely N-dealkylation sites (N-methyl/N-ethyl adjacent to an activating group) is 1. The molecular formula is C27H27Cl2N9O. The Morgan fingerprint density at radius 2 is 1.69 bits per heavy atom. The molecule has 0 atom stereocenters. The van der Waals surface area contributed by atoms with E-state index >= 15 is 0 Å². The molecule has 2 fully saturated rings. The summed E-state index contributed by atoms with van der Waals surface area (Å²) in [6.07, 6.45) is 6.28. The Hall–Kier alpha value is -3.73. The molecule has 1 amide bonds. The maximum absolute atomic E-state index is 12.4. The number of fused-ring (bicyclic) bond motifs is 1. The Labute approximate surface area is 236 Å². The lowest BCUT2D eigenvalue weighted by Gasteiger charge is -2.35. The van der Waals surface area contributed by atoms with Crippen LogP contribution in [0.25, 0.3) is 10.9 Å². The second kappa shape index (κ2) is 10.8. The molecule has 5 heterocycles. The topological polar surface area (TPSA) is 102 Å². The SMILES string of the molecule is CN1CCN(c2c(Cl)cc(Nc3ncc(Cl)c(Nc4cccnc4N4CCCC4=O)n3)c3cccnc23)CC1. The molecular weight excluding hydrogens is 537 g/mol. The fourth-order valence-corrected chi connectivity index (χ4v) is 5.43. The highest BCUT2D eigenvalue weighted by Gasteiger charge is 2.26. The van der Waals surface area contributed by atoms with Crippen LogP contribution in [0, 0.1) is 0 Å². The first kappa shape index (κ1) is 25.5. The fraction of sp³-hybridized carbons (Fsp3) is 0.296. The average molecular weight is 564 g/mol. The molecule has 2 aliphatic heterocycles. The van der Waals surface area contributed by atoms with E-state index in [1.807, 2.05) is 24.3 Å². The molecule has 10 nitrogen and oxygen atoms in total. The van der Waals surface area contributed by atoms with Crippen LogP contribution in [0.1, 0.15) is 12.8 Å². The van der Waals surface area contributed by atoms with Gasteiger partial charge in [-0.2, -0.15) is 4.98 Å². The highest BCUT2D eigenvalue weighted by molar-refractivity contribution is 6.35. The van der Waals surface area contributed by atoms with Crippen molar-refractivity contribution in [3.8, 4) is 0 Å². The summed E-state index contributed by atoms with van der Waals surface area (Å²) in [7, 11) is 2.12. The monoisotopic (exact) mass is 563 g/mol. The Balaban J connectivity index is 1.31. The Bertz CT molecular complexity index is 1540. The lowest BCUT2D eigenvalue weighted by molar-refractivity contribution is -0.117. The molecule has 39 heavy (non-hydrogen) atoms. The maximum atomic E-state index is 12.4. The lowest BCUT2D eigenvalue weighted by atomic mass is 10.1. The number of nitrogens with one attached hydrogen (secondary N) is 2. The minimum absolute atomic E-state index is 0.0466. The van der Waals surface area contributed by atoms with Crippen LogP contribution >= 0.6 is 23.2 Å². The molecule has 0 unspecified atom stereocenters. The Morgan fingerprint density at radius 3 is 2.49 bits per heavy atom. The smallest absolute Gasteiger partial charge is 0.229 e. The first-order chi connectivity index (χ1) is 19.0. The van der Waals surface area contributed by atoms with Gasteiger partial charge in [-0.25, -0.2) is 9.97 Å². The second-order valence-electron chi connectivity index (χ2n) is 9.61. The van der Waals surface area contributed by atoms with Crippen molar-refractivity contribution in [2.75, 3.05) is 60.2 Å². The number of aromatic nitrogens is 4. The van der Waals surface area contributed by atoms with Crippen LogP contribution in [0.3, 0.4) is 0 Å². The standard InChI is InChI=1S/C27H27Cl2N9O/c1-36-11-13-37(14-12-36)24-18(28)15-21(17-5-2-8-30-23(17)24)34-27-32-16-19(29)25(35-27)33-20-6-3-9-31-26(20)38-10-4-7-22(38)39/h2-3,5-6,8-9,15-16H,4,7,10-14H2,1H3,(H2,32,33,34,35). The van der Waals surface area contributed by atoms with Crippen LogP contribution in [0.15, 0.2) is 48.9 Å². The minimum Gasteiger partial charge on any atom is -0.366 e. The van der Waals surface area contributed by atoms with Crippen molar-refractivity contribution in [2.24, 2.45) is 0 Å². The molecule has 2 N–H and O–H groups in total. The molecule has 0 aliphatic carbocycles. The summed E-state index contributed by atoms with van der Waals surface area (Å²) < 4.78 is 0. The van der Waals surface area contributed by atoms with Crippen molar-refractivity contribution in [3.05, 3.63) is 59.0 Å². The summed E-state index contributed by atoms with van der Waals surface area (Å²) in [6.45, 7) is 4.31. The van der Waals surface area contributed by atoms with Crippen LogP contribution in [0.2, 0.25) is 10.0 Å². The quantitative estimate of drug-likeness (QED) is 0.332. The van der Waals surface area contributed by atoms with E-state index in [4.69, 9.17) is 23.2 Å². The maximum Gasteiger partial charge on any atom is 0.229 e. The second-order valence-corrected chi connectivity index (χ2v) is 10.4. The van der Waals surface area contributed by atoms with E-state index < -0.39 is 0 Å². The van der Waals surface area contributed by atoms with Gasteiger partial charge in [0.1, 0.15) is 5.02 Å². The summed E-state index contributed by atoms with van der Waals surface area (Å²) in [5.41, 5.74) is 3.12. The molecule has 0 radical (unpaired) electrons. The third-order valence-electron chi connectivity index (χ3n) is 7.00. The number of hydrogen-bond acceptors (Lipinski definition) is 9. The number of hydrogen-bond donors (Lipinski definition) is 2. The highest BCUT2D eigenvalue weighted by Crippen LogP contribution is 2.39. The number of piperazine rings is 1. The minimum atomic E-state index is 0.0466. The van der Waals surface area contributed by atoms with Crippen molar-refractivity contribution in [1.82, 2.24) is 24.8 Å². The molecule has 3 aromatic heterocycles. The summed E-state index contributed by atoms with van der Waals surface area (Å²) >= 11 is 13.3. The number of amides is 1. The van der Waals surface area contributed by atoms with Crippen LogP contribution < -0.4 is 20.4 Å². The number of nitrogens with zero attached hydrogens (tertiary/aromatic N) is 7. The van der Waals surface area contributed by atoms with Crippen molar-refractivity contribution >= 4 is 74.7 Å². The van der Waals surface area contributed by atoms with Crippen LogP contribution in [0.5, 0.6) is 0 Å². The van der Waals surface area contributed by atoms with Crippen molar-refractivity contribution in [1.29, 1.82) is 0 Å². The van der Waals surface area contributed by atoms with Gasteiger partial charge in [0.05, 0.1) is 33.8 Å². The van der Waals surface area contributed by atoms with Gasteiger partial charge >= 0.3 is 0 Å². The van der Waals surface area contributed by atoms with E-state index in [-0.39, 0.29) is 5.91 Å². The summed E-state index contributed by atoms with van der Waals surface area (Å²) in [4.78, 5) is 36.8. The van der Waals surface area contributed by atoms with Crippen LogP contribution in [-0.2, 0) is 4.79 Å². The van der Waals surface area contributed by atoms with Gasteiger partial charge in [0.15, 0.2) is 11.6 Å². The molecule has 0 spiro atoms. The molecule has 200 valence electrons. The first-order valence-electron chi connectivity index (χ1n) is 12.8. The summed E-state index contributed by atoms with van der Waals surface area (Å²) in [6, 6.07) is 9.43. The number of anilines is 6. The fourth-order valence-electron chi connectivity index (χ4n) is 4.98. The summed E-state index contributed by atoms with van der Waals surface area (Å²) in [5.74, 6) is 1.31. The zero-order valence-corrected chi connectivity index (χ0v) is 22.9. The molecule has 0 saturated carbocycles. The number of halogens is 2. The lowest BCUT2D eigenvalue weighted by Crippen LogP contribution is -2.44. The van der Waals surface area contributed by atoms with E-state index in [9.17, 15) is 4.79 Å². The van der Waals surface area contributed by atoms with Gasteiger partial charge in [0.2, 0.25) is 11.9 Å². The van der Waals surface area contributed by atoms with Gasteiger partial charge in [0, 0.05) is 56.9 Å². The van der Waals surface area contributed by atoms with E-state index in [1.165, 1.54) is 6.20 Å². The predicted molar refractivity (Wildman–Crippen MR) is 156 cm³/mol. The number of carbonyl (C=O) groups excluding carboxylic acids is 1. The van der Waals surface area contributed by atoms with Crippen molar-refractivity contribution in [2.45, 2.75) is 12.8 Å². The number of pyridine rings is 2. The van der Waals surface area contributed by atoms with E-state index in [1.54, 1.807) is 23.4 Å². The molecule has 2 saturated heterocycles. The zero-order valence-electron chi connectivity index (χ0n) is 21.4. The molecule has 4 aromatic rings. The van der Waals surface area contributed by atoms with Crippen LogP contribution in [-0.4, -0.2) is 70.5 Å². The predicted octanol–water partition coefficient (Wildman–Crippen LogP) is 5.09. The first-order valence-corrected chi connectivity index (χ1v) is 13.6. The zero-order chi connectivity index (χ0) is 26.9. The number of rotatable bonds is 6. The van der Waals surface area contributed by atoms with Crippen LogP contribution in [0.4, 0.5) is 34.6 Å². The van der Waals surface area contributed by atoms with Crippen molar-refractivity contribution in [3.63, 3.8) is 0 Å². The number of benzene rings is 1. The Morgan fingerprint density at radius 1 is 0.897 bits per heavy atom. The largest absolute Gasteiger partial charge is 0.366 e. The summed E-state index contributed by atoms with van der Waals surface area (Å²) in [5, 5.41) is 8.39. The third-order valence-corrected chi connectivity index (χ3v) is 7.56. The average Bonchev–Trinajstić information content (AvgIpc) is 3.37. The third kappa shape index (κ3) is 5.15. The number of carbonyl (C=O) groups is 1. The van der Waals surface area contributed by atoms with Gasteiger partial charge < -0.3 is 20.4 Å². The molecule has 1 aromatic carbocycles. The van der Waals surface area contributed by atoms with Gasteiger partial charge in [-0.1, -0.05) is 23.2 Å². The van der Waals surface area contributed by atoms with Crippen molar-refractivity contribution < 1.29 is 4.79 Å². The molecule has 12 heteroatoms. The van der Waals surface area contributed by atoms with Gasteiger partial charge in [0.25, 0.3) is 0 Å². The normalized spacial score (nSPS) is 16.2. The molecule has 0 bridgehead atoms. The van der Waals surface area contributed by atoms with E-state index in [2.05, 4.69) is 47.4 Å². The van der Waals surface area contributed by atoms with Gasteiger partial charge in [-0.15, -0.1) is 0 Å². The highest BCUT2D eigenvalue weighted by atomic mass is 35.5. The van der Waals surface area contributed by atoms with E-state index in [0.29, 0.717) is 46.3 Å². The van der Waals surface area contributed by atoms with E-state index in [0.717, 1.165) is 54.9 Å². The molecule has 2 aliphatic rings. The Kier molecular flexibility index (Phi) is 7.07.